The van der Waals surface area contributed by atoms with Gasteiger partial charge in [-0.2, -0.15) is 0 Å². The van der Waals surface area contributed by atoms with Crippen LogP contribution in [0.3, 0.4) is 0 Å². The summed E-state index contributed by atoms with van der Waals surface area (Å²) in [4.78, 5) is 0. The molecule has 0 saturated heterocycles. The van der Waals surface area contributed by atoms with E-state index in [1.165, 1.54) is 32.1 Å². The zero-order valence-electron chi connectivity index (χ0n) is 13.8. The Balaban J connectivity index is 2.30. The molecule has 1 aliphatic rings. The molecule has 0 aromatic heterocycles. The van der Waals surface area contributed by atoms with Gasteiger partial charge in [-0.05, 0) is 44.2 Å². The van der Waals surface area contributed by atoms with Gasteiger partial charge in [-0.1, -0.05) is 57.2 Å². The SMILES string of the molecule is CCCNC(c1cc(C)ccc1F)C1CCCCC1CC. The summed E-state index contributed by atoms with van der Waals surface area (Å²) in [5.74, 6) is 1.26. The Bertz CT molecular complexity index is 443. The van der Waals surface area contributed by atoms with E-state index in [9.17, 15) is 4.39 Å². The zero-order chi connectivity index (χ0) is 15.2. The van der Waals surface area contributed by atoms with Crippen molar-refractivity contribution in [2.75, 3.05) is 6.54 Å². The summed E-state index contributed by atoms with van der Waals surface area (Å²) < 4.78 is 14.4. The number of aryl methyl sites for hydroxylation is 1. The molecule has 0 spiro atoms. The number of hydrogen-bond acceptors (Lipinski definition) is 1. The number of rotatable bonds is 6. The molecule has 0 heterocycles. The molecule has 118 valence electrons. The molecule has 1 saturated carbocycles. The molecule has 0 radical (unpaired) electrons. The van der Waals surface area contributed by atoms with E-state index in [0.717, 1.165) is 30.0 Å². The fraction of sp³-hybridized carbons (Fsp3) is 0.684. The summed E-state index contributed by atoms with van der Waals surface area (Å²) in [7, 11) is 0. The Morgan fingerprint density at radius 1 is 1.24 bits per heavy atom. The molecule has 1 aromatic carbocycles. The molecule has 2 rings (SSSR count). The van der Waals surface area contributed by atoms with E-state index in [0.29, 0.717) is 5.92 Å². The van der Waals surface area contributed by atoms with Gasteiger partial charge in [0, 0.05) is 11.6 Å². The topological polar surface area (TPSA) is 12.0 Å². The third-order valence-corrected chi connectivity index (χ3v) is 5.02. The summed E-state index contributed by atoms with van der Waals surface area (Å²) in [6.45, 7) is 7.48. The van der Waals surface area contributed by atoms with E-state index in [2.05, 4.69) is 26.1 Å². The summed E-state index contributed by atoms with van der Waals surface area (Å²) in [5, 5.41) is 3.65. The highest BCUT2D eigenvalue weighted by Crippen LogP contribution is 2.41. The number of halogens is 1. The van der Waals surface area contributed by atoms with Crippen LogP contribution in [0.1, 0.15) is 69.5 Å². The fourth-order valence-corrected chi connectivity index (χ4v) is 3.88. The van der Waals surface area contributed by atoms with Gasteiger partial charge < -0.3 is 5.32 Å². The van der Waals surface area contributed by atoms with E-state index < -0.39 is 0 Å². The minimum atomic E-state index is -0.0466. The van der Waals surface area contributed by atoms with E-state index in [1.807, 2.05) is 12.1 Å². The summed E-state index contributed by atoms with van der Waals surface area (Å²) in [6, 6.07) is 5.72. The van der Waals surface area contributed by atoms with Crippen LogP contribution in [0.4, 0.5) is 4.39 Å². The lowest BCUT2D eigenvalue weighted by Gasteiger charge is -2.38. The first-order valence-corrected chi connectivity index (χ1v) is 8.66. The smallest absolute Gasteiger partial charge is 0.128 e. The van der Waals surface area contributed by atoms with E-state index >= 15 is 0 Å². The van der Waals surface area contributed by atoms with Crippen LogP contribution in [-0.2, 0) is 0 Å². The molecule has 3 unspecified atom stereocenters. The third kappa shape index (κ3) is 4.06. The van der Waals surface area contributed by atoms with Gasteiger partial charge in [-0.15, -0.1) is 0 Å². The van der Waals surface area contributed by atoms with Gasteiger partial charge in [0.2, 0.25) is 0 Å². The molecule has 21 heavy (non-hydrogen) atoms. The van der Waals surface area contributed by atoms with Crippen molar-refractivity contribution in [1.29, 1.82) is 0 Å². The molecule has 3 atom stereocenters. The Labute approximate surface area is 129 Å². The van der Waals surface area contributed by atoms with E-state index in [1.54, 1.807) is 6.07 Å². The number of hydrogen-bond donors (Lipinski definition) is 1. The van der Waals surface area contributed by atoms with Crippen LogP contribution in [0.25, 0.3) is 0 Å². The average molecular weight is 291 g/mol. The monoisotopic (exact) mass is 291 g/mol. The second-order valence-electron chi connectivity index (χ2n) is 6.57. The summed E-state index contributed by atoms with van der Waals surface area (Å²) in [5.41, 5.74) is 2.03. The van der Waals surface area contributed by atoms with E-state index in [4.69, 9.17) is 0 Å². The zero-order valence-corrected chi connectivity index (χ0v) is 13.8. The Morgan fingerprint density at radius 2 is 2.00 bits per heavy atom. The van der Waals surface area contributed by atoms with Crippen molar-refractivity contribution in [2.45, 2.75) is 65.3 Å². The van der Waals surface area contributed by atoms with Crippen molar-refractivity contribution in [1.82, 2.24) is 5.32 Å². The highest BCUT2D eigenvalue weighted by atomic mass is 19.1. The van der Waals surface area contributed by atoms with Crippen molar-refractivity contribution in [3.05, 3.63) is 35.1 Å². The van der Waals surface area contributed by atoms with Gasteiger partial charge in [0.1, 0.15) is 5.82 Å². The minimum absolute atomic E-state index is 0.0466. The normalized spacial score (nSPS) is 24.0. The van der Waals surface area contributed by atoms with Gasteiger partial charge in [0.15, 0.2) is 0 Å². The molecule has 2 heteroatoms. The third-order valence-electron chi connectivity index (χ3n) is 5.02. The standard InChI is InChI=1S/C19H30FN/c1-4-12-21-19(16-9-7-6-8-15(16)5-2)17-13-14(3)10-11-18(17)20/h10-11,13,15-16,19,21H,4-9,12H2,1-3H3. The van der Waals surface area contributed by atoms with Crippen LogP contribution in [-0.4, -0.2) is 6.54 Å². The van der Waals surface area contributed by atoms with Crippen molar-refractivity contribution >= 4 is 0 Å². The number of benzene rings is 1. The largest absolute Gasteiger partial charge is 0.310 e. The van der Waals surface area contributed by atoms with Crippen LogP contribution in [0.2, 0.25) is 0 Å². The maximum Gasteiger partial charge on any atom is 0.128 e. The molecule has 0 amide bonds. The Kier molecular flexibility index (Phi) is 6.22. The Hall–Kier alpha value is -0.890. The van der Waals surface area contributed by atoms with Crippen LogP contribution >= 0.6 is 0 Å². The molecule has 1 N–H and O–H groups in total. The minimum Gasteiger partial charge on any atom is -0.310 e. The predicted octanol–water partition coefficient (Wildman–Crippen LogP) is 5.39. The Morgan fingerprint density at radius 3 is 2.71 bits per heavy atom. The van der Waals surface area contributed by atoms with Crippen LogP contribution in [0.5, 0.6) is 0 Å². The lowest BCUT2D eigenvalue weighted by molar-refractivity contribution is 0.173. The van der Waals surface area contributed by atoms with Gasteiger partial charge in [-0.3, -0.25) is 0 Å². The maximum atomic E-state index is 14.4. The first-order valence-electron chi connectivity index (χ1n) is 8.66. The molecule has 0 aliphatic heterocycles. The quantitative estimate of drug-likeness (QED) is 0.741. The van der Waals surface area contributed by atoms with E-state index in [-0.39, 0.29) is 11.9 Å². The second-order valence-corrected chi connectivity index (χ2v) is 6.57. The highest BCUT2D eigenvalue weighted by Gasteiger charge is 2.32. The lowest BCUT2D eigenvalue weighted by atomic mass is 9.72. The number of nitrogens with one attached hydrogen (secondary N) is 1. The van der Waals surface area contributed by atoms with Crippen LogP contribution in [0, 0.1) is 24.6 Å². The molecule has 0 bridgehead atoms. The van der Waals surface area contributed by atoms with Gasteiger partial charge in [0.25, 0.3) is 0 Å². The summed E-state index contributed by atoms with van der Waals surface area (Å²) >= 11 is 0. The molecular weight excluding hydrogens is 261 g/mol. The molecular formula is C19H30FN. The molecule has 1 aromatic rings. The first kappa shape index (κ1) is 16.5. The first-order chi connectivity index (χ1) is 10.2. The lowest BCUT2D eigenvalue weighted by Crippen LogP contribution is -2.35. The van der Waals surface area contributed by atoms with Gasteiger partial charge in [0.05, 0.1) is 0 Å². The molecule has 1 nitrogen and oxygen atoms in total. The van der Waals surface area contributed by atoms with Crippen molar-refractivity contribution < 1.29 is 4.39 Å². The maximum absolute atomic E-state index is 14.4. The van der Waals surface area contributed by atoms with Crippen LogP contribution < -0.4 is 5.32 Å². The highest BCUT2D eigenvalue weighted by molar-refractivity contribution is 5.27. The molecule has 1 fully saturated rings. The predicted molar refractivity (Wildman–Crippen MR) is 87.9 cm³/mol. The van der Waals surface area contributed by atoms with Crippen molar-refractivity contribution in [3.8, 4) is 0 Å². The molecule has 1 aliphatic carbocycles. The average Bonchev–Trinajstić information content (AvgIpc) is 2.51. The van der Waals surface area contributed by atoms with Crippen LogP contribution in [0.15, 0.2) is 18.2 Å². The second kappa shape index (κ2) is 7.93. The van der Waals surface area contributed by atoms with Crippen molar-refractivity contribution in [3.63, 3.8) is 0 Å². The fourth-order valence-electron chi connectivity index (χ4n) is 3.88. The van der Waals surface area contributed by atoms with Gasteiger partial charge >= 0.3 is 0 Å². The van der Waals surface area contributed by atoms with Crippen molar-refractivity contribution in [2.24, 2.45) is 11.8 Å². The summed E-state index contributed by atoms with van der Waals surface area (Å²) in [6.07, 6.45) is 7.47. The van der Waals surface area contributed by atoms with Gasteiger partial charge in [-0.25, -0.2) is 4.39 Å².